The predicted octanol–water partition coefficient (Wildman–Crippen LogP) is 2.59. The second-order valence-corrected chi connectivity index (χ2v) is 4.34. The third-order valence-corrected chi connectivity index (χ3v) is 2.95. The molecule has 1 fully saturated rings. The van der Waals surface area contributed by atoms with Gasteiger partial charge in [0, 0.05) is 11.3 Å². The highest BCUT2D eigenvalue weighted by Gasteiger charge is 2.30. The summed E-state index contributed by atoms with van der Waals surface area (Å²) in [6.07, 6.45) is 0.594. The van der Waals surface area contributed by atoms with E-state index in [1.54, 1.807) is 0 Å². The first-order valence-electron chi connectivity index (χ1n) is 6.15. The fourth-order valence-electron chi connectivity index (χ4n) is 1.97. The third kappa shape index (κ3) is 3.98. The maximum Gasteiger partial charge on any atom is 0.306 e. The number of esters is 1. The van der Waals surface area contributed by atoms with Gasteiger partial charge in [-0.2, -0.15) is 0 Å². The molecule has 1 aliphatic rings. The number of hydrogen-bond donors (Lipinski definition) is 0. The van der Waals surface area contributed by atoms with Gasteiger partial charge in [-0.25, -0.2) is 0 Å². The molecule has 1 heterocycles. The number of cyclic esters (lactones) is 1. The summed E-state index contributed by atoms with van der Waals surface area (Å²) < 4.78 is 10.6. The standard InChI is InChI=1S/C13H15N3O3/c14-16-15-11(12-6-7-13(17)19-12)9-18-8-10-4-2-1-3-5-10/h1-5,11-12H,6-9H2/t11-,12+/m1/s1. The molecule has 0 amide bonds. The van der Waals surface area contributed by atoms with E-state index in [9.17, 15) is 4.79 Å². The van der Waals surface area contributed by atoms with Gasteiger partial charge in [0.25, 0.3) is 0 Å². The van der Waals surface area contributed by atoms with Crippen LogP contribution >= 0.6 is 0 Å². The van der Waals surface area contributed by atoms with Gasteiger partial charge in [-0.05, 0) is 17.5 Å². The van der Waals surface area contributed by atoms with Gasteiger partial charge < -0.3 is 9.47 Å². The van der Waals surface area contributed by atoms with Gasteiger partial charge in [0.05, 0.1) is 19.3 Å². The number of rotatable bonds is 6. The van der Waals surface area contributed by atoms with Crippen molar-refractivity contribution < 1.29 is 14.3 Å². The van der Waals surface area contributed by atoms with Crippen molar-refractivity contribution in [3.8, 4) is 0 Å². The smallest absolute Gasteiger partial charge is 0.306 e. The Kier molecular flexibility index (Phi) is 4.78. The van der Waals surface area contributed by atoms with Gasteiger partial charge in [0.2, 0.25) is 0 Å². The number of carbonyl (C=O) groups excluding carboxylic acids is 1. The molecular formula is C13H15N3O3. The van der Waals surface area contributed by atoms with Crippen LogP contribution in [-0.4, -0.2) is 24.7 Å². The molecule has 2 atom stereocenters. The number of hydrogen-bond acceptors (Lipinski definition) is 4. The largest absolute Gasteiger partial charge is 0.462 e. The summed E-state index contributed by atoms with van der Waals surface area (Å²) >= 11 is 0. The highest BCUT2D eigenvalue weighted by atomic mass is 16.6. The van der Waals surface area contributed by atoms with Gasteiger partial charge >= 0.3 is 5.97 Å². The number of nitrogens with zero attached hydrogens (tertiary/aromatic N) is 3. The van der Waals surface area contributed by atoms with E-state index in [1.165, 1.54) is 0 Å². The molecular weight excluding hydrogens is 246 g/mol. The molecule has 0 N–H and O–H groups in total. The number of ether oxygens (including phenoxy) is 2. The van der Waals surface area contributed by atoms with Gasteiger partial charge in [-0.1, -0.05) is 35.4 Å². The lowest BCUT2D eigenvalue weighted by Crippen LogP contribution is -2.28. The molecule has 6 nitrogen and oxygen atoms in total. The Hall–Kier alpha value is -2.04. The first-order valence-corrected chi connectivity index (χ1v) is 6.15. The first-order chi connectivity index (χ1) is 9.29. The van der Waals surface area contributed by atoms with Crippen molar-refractivity contribution in [1.82, 2.24) is 0 Å². The van der Waals surface area contributed by atoms with E-state index in [0.717, 1.165) is 5.56 Å². The van der Waals surface area contributed by atoms with Crippen molar-refractivity contribution in [2.24, 2.45) is 5.11 Å². The fraction of sp³-hybridized carbons (Fsp3) is 0.462. The number of azide groups is 1. The molecule has 0 spiro atoms. The summed E-state index contributed by atoms with van der Waals surface area (Å²) in [6, 6.07) is 9.26. The van der Waals surface area contributed by atoms with E-state index in [-0.39, 0.29) is 18.7 Å². The molecule has 0 saturated carbocycles. The second kappa shape index (κ2) is 6.78. The zero-order valence-electron chi connectivity index (χ0n) is 10.4. The van der Waals surface area contributed by atoms with E-state index < -0.39 is 6.04 Å². The first kappa shape index (κ1) is 13.4. The Morgan fingerprint density at radius 2 is 2.26 bits per heavy atom. The minimum Gasteiger partial charge on any atom is -0.462 e. The predicted molar refractivity (Wildman–Crippen MR) is 68.1 cm³/mol. The van der Waals surface area contributed by atoms with Crippen molar-refractivity contribution in [3.05, 3.63) is 46.3 Å². The summed E-state index contributed by atoms with van der Waals surface area (Å²) in [5.74, 6) is -0.244. The highest BCUT2D eigenvalue weighted by molar-refractivity contribution is 5.71. The van der Waals surface area contributed by atoms with Gasteiger partial charge in [-0.15, -0.1) is 0 Å². The van der Waals surface area contributed by atoms with Crippen molar-refractivity contribution in [2.75, 3.05) is 6.61 Å². The number of carbonyl (C=O) groups is 1. The molecule has 1 aromatic rings. The van der Waals surface area contributed by atoms with Crippen LogP contribution in [0.2, 0.25) is 0 Å². The number of benzene rings is 1. The van der Waals surface area contributed by atoms with Crippen LogP contribution in [0, 0.1) is 0 Å². The molecule has 100 valence electrons. The summed E-state index contributed by atoms with van der Waals surface area (Å²) in [5.41, 5.74) is 9.59. The molecule has 1 aromatic carbocycles. The lowest BCUT2D eigenvalue weighted by atomic mass is 10.1. The Bertz CT molecular complexity index is 471. The SMILES string of the molecule is [N-]=[N+]=N[C@H](COCc1ccccc1)[C@@H]1CCC(=O)O1. The second-order valence-electron chi connectivity index (χ2n) is 4.34. The maximum atomic E-state index is 11.1. The Morgan fingerprint density at radius 1 is 1.47 bits per heavy atom. The summed E-state index contributed by atoms with van der Waals surface area (Å²) in [4.78, 5) is 13.8. The topological polar surface area (TPSA) is 84.3 Å². The molecule has 0 aliphatic carbocycles. The lowest BCUT2D eigenvalue weighted by Gasteiger charge is -2.17. The van der Waals surface area contributed by atoms with Crippen molar-refractivity contribution in [3.63, 3.8) is 0 Å². The van der Waals surface area contributed by atoms with E-state index in [2.05, 4.69) is 10.0 Å². The minimum absolute atomic E-state index is 0.244. The molecule has 0 bridgehead atoms. The van der Waals surface area contributed by atoms with Crippen LogP contribution in [0.3, 0.4) is 0 Å². The average molecular weight is 261 g/mol. The monoisotopic (exact) mass is 261 g/mol. The molecule has 0 unspecified atom stereocenters. The van der Waals surface area contributed by atoms with Crippen LogP contribution in [0.4, 0.5) is 0 Å². The normalized spacial score (nSPS) is 19.6. The summed E-state index contributed by atoms with van der Waals surface area (Å²) in [7, 11) is 0. The Balaban J connectivity index is 1.84. The van der Waals surface area contributed by atoms with Crippen LogP contribution in [0.25, 0.3) is 10.4 Å². The average Bonchev–Trinajstić information content (AvgIpc) is 2.86. The van der Waals surface area contributed by atoms with Gasteiger partial charge in [0.1, 0.15) is 6.10 Å². The maximum absolute atomic E-state index is 11.1. The third-order valence-electron chi connectivity index (χ3n) is 2.95. The molecule has 2 rings (SSSR count). The van der Waals surface area contributed by atoms with Crippen molar-refractivity contribution in [1.29, 1.82) is 0 Å². The quantitative estimate of drug-likeness (QED) is 0.341. The molecule has 1 aliphatic heterocycles. The molecule has 1 saturated heterocycles. The summed E-state index contributed by atoms with van der Waals surface area (Å²) in [5, 5.41) is 3.65. The van der Waals surface area contributed by atoms with E-state index in [1.807, 2.05) is 30.3 Å². The van der Waals surface area contributed by atoms with Gasteiger partial charge in [-0.3, -0.25) is 4.79 Å². The van der Waals surface area contributed by atoms with Gasteiger partial charge in [0.15, 0.2) is 0 Å². The van der Waals surface area contributed by atoms with Crippen LogP contribution in [0.1, 0.15) is 18.4 Å². The van der Waals surface area contributed by atoms with Crippen LogP contribution in [0.15, 0.2) is 35.4 Å². The van der Waals surface area contributed by atoms with Crippen LogP contribution < -0.4 is 0 Å². The van der Waals surface area contributed by atoms with Crippen LogP contribution in [-0.2, 0) is 20.9 Å². The lowest BCUT2D eigenvalue weighted by molar-refractivity contribution is -0.142. The molecule has 19 heavy (non-hydrogen) atoms. The van der Waals surface area contributed by atoms with E-state index in [0.29, 0.717) is 19.4 Å². The zero-order chi connectivity index (χ0) is 13.5. The van der Waals surface area contributed by atoms with Crippen LogP contribution in [0.5, 0.6) is 0 Å². The zero-order valence-corrected chi connectivity index (χ0v) is 10.4. The molecule has 6 heteroatoms. The Morgan fingerprint density at radius 3 is 2.89 bits per heavy atom. The molecule has 0 radical (unpaired) electrons. The van der Waals surface area contributed by atoms with Crippen molar-refractivity contribution in [2.45, 2.75) is 31.6 Å². The van der Waals surface area contributed by atoms with E-state index in [4.69, 9.17) is 15.0 Å². The highest BCUT2D eigenvalue weighted by Crippen LogP contribution is 2.20. The minimum atomic E-state index is -0.458. The fourth-order valence-corrected chi connectivity index (χ4v) is 1.97. The summed E-state index contributed by atoms with van der Waals surface area (Å²) in [6.45, 7) is 0.690. The van der Waals surface area contributed by atoms with Crippen molar-refractivity contribution >= 4 is 5.97 Å². The Labute approximate surface area is 111 Å². The molecule has 0 aromatic heterocycles. The van der Waals surface area contributed by atoms with E-state index >= 15 is 0 Å².